The molecule has 1 N–H and O–H groups in total. The molecule has 1 aliphatic heterocycles. The summed E-state index contributed by atoms with van der Waals surface area (Å²) in [6.45, 7) is 4.16. The zero-order valence-corrected chi connectivity index (χ0v) is 18.3. The SMILES string of the molecule is CCOc1ccc(Cl)c(/C(O)=C2\C(=O)C(=O)N(c3cccc(C)c3)C2c2cccnc2)c1. The molecule has 162 valence electrons. The zero-order chi connectivity index (χ0) is 22.8. The molecular formula is C25H21ClN2O4. The molecule has 0 aliphatic carbocycles. The Bertz CT molecular complexity index is 1220. The molecule has 6 nitrogen and oxygen atoms in total. The number of benzene rings is 2. The van der Waals surface area contributed by atoms with Crippen LogP contribution in [0.2, 0.25) is 5.02 Å². The molecule has 0 spiro atoms. The predicted molar refractivity (Wildman–Crippen MR) is 123 cm³/mol. The van der Waals surface area contributed by atoms with Gasteiger partial charge in [0, 0.05) is 23.6 Å². The molecule has 0 bridgehead atoms. The first kappa shape index (κ1) is 21.6. The van der Waals surface area contributed by atoms with Crippen LogP contribution in [0.4, 0.5) is 5.69 Å². The Labute approximate surface area is 190 Å². The first-order valence-corrected chi connectivity index (χ1v) is 10.5. The second kappa shape index (κ2) is 8.85. The Hall–Kier alpha value is -3.64. The standard InChI is InChI=1S/C25H21ClN2O4/c1-3-32-18-9-10-20(26)19(13-18)23(29)21-22(16-7-5-11-27-14-16)28(25(31)24(21)30)17-8-4-6-15(2)12-17/h4-14,22,29H,3H2,1-2H3/b23-21+. The van der Waals surface area contributed by atoms with Gasteiger partial charge in [-0.3, -0.25) is 19.5 Å². The van der Waals surface area contributed by atoms with E-state index in [1.165, 1.54) is 4.90 Å². The summed E-state index contributed by atoms with van der Waals surface area (Å²) < 4.78 is 5.51. The van der Waals surface area contributed by atoms with Crippen molar-refractivity contribution in [3.8, 4) is 5.75 Å². The van der Waals surface area contributed by atoms with Gasteiger partial charge in [-0.2, -0.15) is 0 Å². The summed E-state index contributed by atoms with van der Waals surface area (Å²) in [5.74, 6) is -1.40. The number of carbonyl (C=O) groups is 2. The molecule has 1 unspecified atom stereocenters. The Morgan fingerprint density at radius 2 is 1.97 bits per heavy atom. The number of halogens is 1. The van der Waals surface area contributed by atoms with Gasteiger partial charge in [0.05, 0.1) is 23.2 Å². The molecule has 32 heavy (non-hydrogen) atoms. The number of amides is 1. The van der Waals surface area contributed by atoms with Gasteiger partial charge in [0.15, 0.2) is 0 Å². The third kappa shape index (κ3) is 3.85. The molecule has 0 saturated carbocycles. The fraction of sp³-hybridized carbons (Fsp3) is 0.160. The molecule has 4 rings (SSSR count). The van der Waals surface area contributed by atoms with E-state index in [1.54, 1.807) is 48.8 Å². The maximum atomic E-state index is 13.2. The number of aliphatic hydroxyl groups is 1. The third-order valence-electron chi connectivity index (χ3n) is 5.23. The lowest BCUT2D eigenvalue weighted by Crippen LogP contribution is -2.29. The summed E-state index contributed by atoms with van der Waals surface area (Å²) in [7, 11) is 0. The molecule has 1 saturated heterocycles. The predicted octanol–water partition coefficient (Wildman–Crippen LogP) is 5.07. The number of pyridine rings is 1. The van der Waals surface area contributed by atoms with Gasteiger partial charge >= 0.3 is 0 Å². The molecular weight excluding hydrogens is 428 g/mol. The maximum Gasteiger partial charge on any atom is 0.300 e. The number of ketones is 1. The Balaban J connectivity index is 1.95. The Morgan fingerprint density at radius 3 is 2.66 bits per heavy atom. The van der Waals surface area contributed by atoms with Crippen LogP contribution in [0.15, 0.2) is 72.6 Å². The van der Waals surface area contributed by atoms with E-state index in [9.17, 15) is 14.7 Å². The van der Waals surface area contributed by atoms with Crippen LogP contribution in [0.5, 0.6) is 5.75 Å². The lowest BCUT2D eigenvalue weighted by Gasteiger charge is -2.25. The van der Waals surface area contributed by atoms with Gasteiger partial charge in [0.25, 0.3) is 11.7 Å². The normalized spacial score (nSPS) is 17.6. The highest BCUT2D eigenvalue weighted by Gasteiger charge is 2.47. The van der Waals surface area contributed by atoms with Crippen molar-refractivity contribution in [2.75, 3.05) is 11.5 Å². The quantitative estimate of drug-likeness (QED) is 0.335. The van der Waals surface area contributed by atoms with Crippen LogP contribution >= 0.6 is 11.6 Å². The van der Waals surface area contributed by atoms with E-state index in [4.69, 9.17) is 16.3 Å². The number of hydrogen-bond donors (Lipinski definition) is 1. The molecule has 7 heteroatoms. The van der Waals surface area contributed by atoms with E-state index < -0.39 is 17.7 Å². The highest BCUT2D eigenvalue weighted by molar-refractivity contribution is 6.52. The highest BCUT2D eigenvalue weighted by atomic mass is 35.5. The van der Waals surface area contributed by atoms with Crippen molar-refractivity contribution < 1.29 is 19.4 Å². The summed E-state index contributed by atoms with van der Waals surface area (Å²) in [5, 5.41) is 11.5. The number of aliphatic hydroxyl groups excluding tert-OH is 1. The lowest BCUT2D eigenvalue weighted by atomic mass is 9.96. The van der Waals surface area contributed by atoms with Crippen molar-refractivity contribution in [2.24, 2.45) is 0 Å². The fourth-order valence-electron chi connectivity index (χ4n) is 3.82. The summed E-state index contributed by atoms with van der Waals surface area (Å²) in [6, 6.07) is 14.7. The molecule has 2 heterocycles. The van der Waals surface area contributed by atoms with E-state index in [-0.39, 0.29) is 21.9 Å². The molecule has 1 aromatic heterocycles. The number of anilines is 1. The first-order valence-electron chi connectivity index (χ1n) is 10.1. The monoisotopic (exact) mass is 448 g/mol. The number of aromatic nitrogens is 1. The summed E-state index contributed by atoms with van der Waals surface area (Å²) in [6.07, 6.45) is 3.18. The molecule has 1 aliphatic rings. The first-order chi connectivity index (χ1) is 15.4. The molecule has 0 radical (unpaired) electrons. The van der Waals surface area contributed by atoms with E-state index in [0.717, 1.165) is 5.56 Å². The van der Waals surface area contributed by atoms with Crippen molar-refractivity contribution in [1.29, 1.82) is 0 Å². The highest BCUT2D eigenvalue weighted by Crippen LogP contribution is 2.43. The molecule has 1 atom stereocenters. The van der Waals surface area contributed by atoms with Crippen LogP contribution in [-0.4, -0.2) is 28.4 Å². The number of aryl methyl sites for hydroxylation is 1. The minimum Gasteiger partial charge on any atom is -0.507 e. The topological polar surface area (TPSA) is 79.7 Å². The van der Waals surface area contributed by atoms with Crippen molar-refractivity contribution >= 4 is 34.7 Å². The molecule has 1 amide bonds. The van der Waals surface area contributed by atoms with Crippen LogP contribution in [0, 0.1) is 6.92 Å². The average Bonchev–Trinajstić information content (AvgIpc) is 3.06. The second-order valence-electron chi connectivity index (χ2n) is 7.37. The lowest BCUT2D eigenvalue weighted by molar-refractivity contribution is -0.132. The minimum atomic E-state index is -0.864. The van der Waals surface area contributed by atoms with Gasteiger partial charge < -0.3 is 9.84 Å². The largest absolute Gasteiger partial charge is 0.507 e. The van der Waals surface area contributed by atoms with Gasteiger partial charge in [0.2, 0.25) is 0 Å². The number of carbonyl (C=O) groups excluding carboxylic acids is 2. The van der Waals surface area contributed by atoms with Gasteiger partial charge in [-0.15, -0.1) is 0 Å². The number of Topliss-reactive ketones (excluding diaryl/α,β-unsaturated/α-hetero) is 1. The van der Waals surface area contributed by atoms with E-state index in [2.05, 4.69) is 4.98 Å². The van der Waals surface area contributed by atoms with Crippen molar-refractivity contribution in [2.45, 2.75) is 19.9 Å². The minimum absolute atomic E-state index is 0.0555. The van der Waals surface area contributed by atoms with Crippen molar-refractivity contribution in [1.82, 2.24) is 4.98 Å². The van der Waals surface area contributed by atoms with Gasteiger partial charge in [0.1, 0.15) is 11.5 Å². The Kier molecular flexibility index (Phi) is 5.97. The Morgan fingerprint density at radius 1 is 1.16 bits per heavy atom. The number of hydrogen-bond acceptors (Lipinski definition) is 5. The van der Waals surface area contributed by atoms with Crippen molar-refractivity contribution in [3.05, 3.63) is 94.3 Å². The van der Waals surface area contributed by atoms with E-state index in [1.807, 2.05) is 32.0 Å². The van der Waals surface area contributed by atoms with Crippen LogP contribution in [0.25, 0.3) is 5.76 Å². The number of rotatable bonds is 5. The average molecular weight is 449 g/mol. The van der Waals surface area contributed by atoms with E-state index in [0.29, 0.717) is 23.6 Å². The van der Waals surface area contributed by atoms with Gasteiger partial charge in [-0.1, -0.05) is 29.8 Å². The van der Waals surface area contributed by atoms with Gasteiger partial charge in [-0.25, -0.2) is 0 Å². The second-order valence-corrected chi connectivity index (χ2v) is 7.78. The van der Waals surface area contributed by atoms with Crippen LogP contribution in [0.1, 0.15) is 29.7 Å². The number of nitrogens with zero attached hydrogens (tertiary/aromatic N) is 2. The van der Waals surface area contributed by atoms with E-state index >= 15 is 0 Å². The zero-order valence-electron chi connectivity index (χ0n) is 17.6. The van der Waals surface area contributed by atoms with Crippen LogP contribution in [0.3, 0.4) is 0 Å². The summed E-state index contributed by atoms with van der Waals surface area (Å²) in [5.41, 5.74) is 2.23. The fourth-order valence-corrected chi connectivity index (χ4v) is 4.02. The van der Waals surface area contributed by atoms with Crippen LogP contribution in [-0.2, 0) is 9.59 Å². The smallest absolute Gasteiger partial charge is 0.300 e. The van der Waals surface area contributed by atoms with Crippen LogP contribution < -0.4 is 9.64 Å². The summed E-state index contributed by atoms with van der Waals surface area (Å²) >= 11 is 6.35. The molecule has 2 aromatic carbocycles. The molecule has 1 fully saturated rings. The third-order valence-corrected chi connectivity index (χ3v) is 5.56. The van der Waals surface area contributed by atoms with Gasteiger partial charge in [-0.05, 0) is 61.4 Å². The maximum absolute atomic E-state index is 13.2. The summed E-state index contributed by atoms with van der Waals surface area (Å²) in [4.78, 5) is 31.9. The molecule has 3 aromatic rings. The van der Waals surface area contributed by atoms with Crippen molar-refractivity contribution in [3.63, 3.8) is 0 Å². The number of ether oxygens (including phenoxy) is 1.